The standard InChI is InChI=1S/C24H19N7O2/c1-15-4-3-5-19(10-15)31-23(18-7-9-22-25-14-26-30(22)13-18)16(2)29(24(31)32)12-17-6-8-20-21(11-17)28-33-27-20/h3-11,13-14H,12H2,1-2H3. The molecular weight excluding hydrogens is 418 g/mol. The van der Waals surface area contributed by atoms with Gasteiger partial charge in [0.25, 0.3) is 0 Å². The lowest BCUT2D eigenvalue weighted by Crippen LogP contribution is -2.24. The molecule has 0 unspecified atom stereocenters. The Labute approximate surface area is 187 Å². The minimum atomic E-state index is -0.120. The highest BCUT2D eigenvalue weighted by Gasteiger charge is 2.21. The van der Waals surface area contributed by atoms with Crippen molar-refractivity contribution in [2.75, 3.05) is 0 Å². The van der Waals surface area contributed by atoms with Crippen LogP contribution in [0.3, 0.4) is 0 Å². The van der Waals surface area contributed by atoms with Crippen molar-refractivity contribution >= 4 is 16.7 Å². The van der Waals surface area contributed by atoms with E-state index in [-0.39, 0.29) is 5.69 Å². The first-order valence-corrected chi connectivity index (χ1v) is 10.5. The average Bonchev–Trinajstić information content (AvgIpc) is 3.53. The quantitative estimate of drug-likeness (QED) is 0.419. The first-order valence-electron chi connectivity index (χ1n) is 10.5. The third-order valence-electron chi connectivity index (χ3n) is 5.86. The van der Waals surface area contributed by atoms with E-state index in [1.54, 1.807) is 13.6 Å². The van der Waals surface area contributed by atoms with Crippen LogP contribution in [0.2, 0.25) is 0 Å². The third kappa shape index (κ3) is 3.13. The normalized spacial score (nSPS) is 11.6. The molecule has 0 bridgehead atoms. The molecule has 4 heterocycles. The van der Waals surface area contributed by atoms with Gasteiger partial charge in [0.2, 0.25) is 0 Å². The van der Waals surface area contributed by atoms with E-state index in [0.717, 1.165) is 39.4 Å². The molecule has 4 aromatic heterocycles. The number of imidazole rings is 1. The Bertz CT molecular complexity index is 1700. The average molecular weight is 437 g/mol. The van der Waals surface area contributed by atoms with Gasteiger partial charge in [-0.3, -0.25) is 9.13 Å². The van der Waals surface area contributed by atoms with Crippen LogP contribution in [-0.2, 0) is 6.54 Å². The van der Waals surface area contributed by atoms with Gasteiger partial charge in [-0.05, 0) is 71.7 Å². The number of pyridine rings is 1. The lowest BCUT2D eigenvalue weighted by atomic mass is 10.1. The molecule has 0 saturated heterocycles. The molecule has 0 aliphatic rings. The number of nitrogens with zero attached hydrogens (tertiary/aromatic N) is 7. The van der Waals surface area contributed by atoms with Crippen LogP contribution < -0.4 is 5.69 Å². The summed E-state index contributed by atoms with van der Waals surface area (Å²) >= 11 is 0. The van der Waals surface area contributed by atoms with Crippen molar-refractivity contribution in [3.05, 3.63) is 94.4 Å². The zero-order chi connectivity index (χ0) is 22.5. The maximum Gasteiger partial charge on any atom is 0.333 e. The number of aromatic nitrogens is 7. The molecule has 0 aliphatic heterocycles. The number of aryl methyl sites for hydroxylation is 1. The predicted molar refractivity (Wildman–Crippen MR) is 122 cm³/mol. The second-order valence-electron chi connectivity index (χ2n) is 8.05. The summed E-state index contributed by atoms with van der Waals surface area (Å²) in [5.74, 6) is 0. The van der Waals surface area contributed by atoms with E-state index in [2.05, 4.69) is 20.4 Å². The van der Waals surface area contributed by atoms with Crippen molar-refractivity contribution < 1.29 is 4.63 Å². The monoisotopic (exact) mass is 437 g/mol. The summed E-state index contributed by atoms with van der Waals surface area (Å²) in [5.41, 5.74) is 7.32. The highest BCUT2D eigenvalue weighted by Crippen LogP contribution is 2.27. The van der Waals surface area contributed by atoms with E-state index >= 15 is 0 Å². The number of hydrogen-bond acceptors (Lipinski definition) is 6. The highest BCUT2D eigenvalue weighted by atomic mass is 16.6. The van der Waals surface area contributed by atoms with Gasteiger partial charge >= 0.3 is 5.69 Å². The molecule has 33 heavy (non-hydrogen) atoms. The van der Waals surface area contributed by atoms with E-state index in [1.807, 2.05) is 74.6 Å². The minimum absolute atomic E-state index is 0.120. The second kappa shape index (κ2) is 7.27. The van der Waals surface area contributed by atoms with Crippen molar-refractivity contribution in [3.8, 4) is 16.9 Å². The number of fused-ring (bicyclic) bond motifs is 2. The molecule has 0 spiro atoms. The van der Waals surface area contributed by atoms with Crippen molar-refractivity contribution in [1.29, 1.82) is 0 Å². The summed E-state index contributed by atoms with van der Waals surface area (Å²) in [6.45, 7) is 4.37. The molecule has 0 radical (unpaired) electrons. The van der Waals surface area contributed by atoms with Gasteiger partial charge in [0.15, 0.2) is 5.65 Å². The molecule has 0 atom stereocenters. The Kier molecular flexibility index (Phi) is 4.22. The summed E-state index contributed by atoms with van der Waals surface area (Å²) in [6, 6.07) is 17.5. The molecule has 2 aromatic carbocycles. The number of benzene rings is 2. The van der Waals surface area contributed by atoms with Crippen molar-refractivity contribution in [3.63, 3.8) is 0 Å². The van der Waals surface area contributed by atoms with E-state index in [4.69, 9.17) is 4.63 Å². The zero-order valence-corrected chi connectivity index (χ0v) is 18.0. The van der Waals surface area contributed by atoms with Crippen LogP contribution in [0.4, 0.5) is 0 Å². The van der Waals surface area contributed by atoms with Crippen LogP contribution in [0.5, 0.6) is 0 Å². The molecule has 0 aliphatic carbocycles. The Hall–Kier alpha value is -4.53. The molecule has 6 aromatic rings. The fourth-order valence-electron chi connectivity index (χ4n) is 4.25. The van der Waals surface area contributed by atoms with E-state index < -0.39 is 0 Å². The fourth-order valence-corrected chi connectivity index (χ4v) is 4.25. The summed E-state index contributed by atoms with van der Waals surface area (Å²) in [4.78, 5) is 18.0. The molecule has 162 valence electrons. The predicted octanol–water partition coefficient (Wildman–Crippen LogP) is 3.55. The SMILES string of the molecule is Cc1cccc(-n2c(-c3ccc4ncnn4c3)c(C)n(Cc3ccc4nonc4c3)c2=O)c1. The largest absolute Gasteiger partial charge is 0.333 e. The van der Waals surface area contributed by atoms with Crippen LogP contribution in [0.25, 0.3) is 33.6 Å². The third-order valence-corrected chi connectivity index (χ3v) is 5.86. The molecule has 0 saturated carbocycles. The Balaban J connectivity index is 1.57. The van der Waals surface area contributed by atoms with E-state index in [1.165, 1.54) is 6.33 Å². The van der Waals surface area contributed by atoms with Gasteiger partial charge < -0.3 is 0 Å². The van der Waals surface area contributed by atoms with Crippen LogP contribution in [0.15, 0.2) is 76.5 Å². The maximum atomic E-state index is 13.8. The molecule has 9 heteroatoms. The summed E-state index contributed by atoms with van der Waals surface area (Å²) < 4.78 is 10.1. The summed E-state index contributed by atoms with van der Waals surface area (Å²) in [5, 5.41) is 12.0. The van der Waals surface area contributed by atoms with Crippen molar-refractivity contribution in [2.45, 2.75) is 20.4 Å². The first-order chi connectivity index (χ1) is 16.1. The Morgan fingerprint density at radius 2 is 1.85 bits per heavy atom. The van der Waals surface area contributed by atoms with Gasteiger partial charge in [-0.15, -0.1) is 0 Å². The topological polar surface area (TPSA) is 96.0 Å². The lowest BCUT2D eigenvalue weighted by Gasteiger charge is -2.10. The number of rotatable bonds is 4. The molecule has 9 nitrogen and oxygen atoms in total. The second-order valence-corrected chi connectivity index (χ2v) is 8.05. The van der Waals surface area contributed by atoms with Crippen molar-refractivity contribution in [1.82, 2.24) is 34.0 Å². The first kappa shape index (κ1) is 19.2. The molecular formula is C24H19N7O2. The van der Waals surface area contributed by atoms with Crippen LogP contribution >= 0.6 is 0 Å². The minimum Gasteiger partial charge on any atom is -0.291 e. The van der Waals surface area contributed by atoms with Crippen molar-refractivity contribution in [2.24, 2.45) is 0 Å². The van der Waals surface area contributed by atoms with Crippen LogP contribution in [-0.4, -0.2) is 34.0 Å². The Morgan fingerprint density at radius 3 is 2.73 bits per heavy atom. The van der Waals surface area contributed by atoms with Crippen LogP contribution in [0.1, 0.15) is 16.8 Å². The highest BCUT2D eigenvalue weighted by molar-refractivity contribution is 5.73. The lowest BCUT2D eigenvalue weighted by molar-refractivity contribution is 0.315. The Morgan fingerprint density at radius 1 is 0.970 bits per heavy atom. The van der Waals surface area contributed by atoms with Gasteiger partial charge in [0.05, 0.1) is 17.9 Å². The maximum absolute atomic E-state index is 13.8. The van der Waals surface area contributed by atoms with Gasteiger partial charge in [-0.1, -0.05) is 18.2 Å². The van der Waals surface area contributed by atoms with Crippen LogP contribution in [0, 0.1) is 13.8 Å². The molecule has 0 fully saturated rings. The van der Waals surface area contributed by atoms with Gasteiger partial charge in [0, 0.05) is 17.5 Å². The summed E-state index contributed by atoms with van der Waals surface area (Å²) in [6.07, 6.45) is 3.41. The van der Waals surface area contributed by atoms with E-state index in [0.29, 0.717) is 17.6 Å². The zero-order valence-electron chi connectivity index (χ0n) is 18.0. The molecule has 0 N–H and O–H groups in total. The smallest absolute Gasteiger partial charge is 0.291 e. The van der Waals surface area contributed by atoms with Gasteiger partial charge in [0.1, 0.15) is 17.4 Å². The molecule has 6 rings (SSSR count). The fraction of sp³-hybridized carbons (Fsp3) is 0.125. The van der Waals surface area contributed by atoms with Gasteiger partial charge in [-0.2, -0.15) is 5.10 Å². The van der Waals surface area contributed by atoms with Gasteiger partial charge in [-0.25, -0.2) is 18.9 Å². The summed E-state index contributed by atoms with van der Waals surface area (Å²) in [7, 11) is 0. The number of hydrogen-bond donors (Lipinski definition) is 0. The molecule has 0 amide bonds. The van der Waals surface area contributed by atoms with E-state index in [9.17, 15) is 4.79 Å².